The van der Waals surface area contributed by atoms with E-state index in [2.05, 4.69) is 121 Å². The fourth-order valence-electron chi connectivity index (χ4n) is 4.55. The lowest BCUT2D eigenvalue weighted by Crippen LogP contribution is -2.69. The molecule has 1 aliphatic heterocycles. The standard InChI is InChI=1S/C26H37NO2Si2/c1-25(2,3)30(7,8)29-22(19-27)23-24(28-23)31(26(4,5)6,20-15-11-9-12-16-20)21-17-13-10-14-18-21/h9-18,22-24H,1-8H3/t22-,23-,24-/m1/s1. The molecule has 0 spiro atoms. The molecule has 0 unspecified atom stereocenters. The van der Waals surface area contributed by atoms with E-state index in [-0.39, 0.29) is 21.9 Å². The molecule has 2 aromatic carbocycles. The van der Waals surface area contributed by atoms with Crippen LogP contribution in [-0.4, -0.2) is 34.3 Å². The SMILES string of the molecule is CC(C)(C)[Si](C)(C)O[C@H](C#N)[C@H]1O[C@@H]1[Si](c1ccccc1)(c1ccccc1)C(C)(C)C. The normalized spacial score (nSPS) is 20.7. The molecular weight excluding hydrogens is 414 g/mol. The number of hydrogen-bond donors (Lipinski definition) is 0. The zero-order chi connectivity index (χ0) is 23.1. The molecule has 1 fully saturated rings. The van der Waals surface area contributed by atoms with E-state index in [1.807, 2.05) is 0 Å². The van der Waals surface area contributed by atoms with Crippen molar-refractivity contribution < 1.29 is 9.16 Å². The summed E-state index contributed by atoms with van der Waals surface area (Å²) < 4.78 is 13.0. The predicted molar refractivity (Wildman–Crippen MR) is 134 cm³/mol. The van der Waals surface area contributed by atoms with Crippen molar-refractivity contribution in [1.82, 2.24) is 0 Å². The Morgan fingerprint density at radius 3 is 1.65 bits per heavy atom. The van der Waals surface area contributed by atoms with Crippen LogP contribution < -0.4 is 10.4 Å². The van der Waals surface area contributed by atoms with Gasteiger partial charge in [-0.2, -0.15) is 5.26 Å². The summed E-state index contributed by atoms with van der Waals surface area (Å²) in [6.45, 7) is 18.0. The van der Waals surface area contributed by atoms with E-state index in [4.69, 9.17) is 9.16 Å². The van der Waals surface area contributed by atoms with E-state index in [1.54, 1.807) is 0 Å². The van der Waals surface area contributed by atoms with E-state index in [9.17, 15) is 5.26 Å². The van der Waals surface area contributed by atoms with Gasteiger partial charge in [0, 0.05) is 0 Å². The Hall–Kier alpha value is -1.72. The summed E-state index contributed by atoms with van der Waals surface area (Å²) in [6, 6.07) is 24.1. The lowest BCUT2D eigenvalue weighted by Gasteiger charge is -2.43. The Morgan fingerprint density at radius 1 is 0.839 bits per heavy atom. The van der Waals surface area contributed by atoms with Crippen LogP contribution in [0.15, 0.2) is 60.7 Å². The van der Waals surface area contributed by atoms with E-state index < -0.39 is 22.5 Å². The Bertz CT molecular complexity index is 884. The quantitative estimate of drug-likeness (QED) is 0.444. The molecule has 0 saturated carbocycles. The Morgan fingerprint density at radius 2 is 1.29 bits per heavy atom. The van der Waals surface area contributed by atoms with Gasteiger partial charge >= 0.3 is 0 Å². The lowest BCUT2D eigenvalue weighted by atomic mass is 10.2. The van der Waals surface area contributed by atoms with Crippen molar-refractivity contribution in [3.8, 4) is 6.07 Å². The average Bonchev–Trinajstić information content (AvgIpc) is 3.47. The van der Waals surface area contributed by atoms with Crippen molar-refractivity contribution in [2.75, 3.05) is 0 Å². The second-order valence-electron chi connectivity index (χ2n) is 11.2. The molecule has 31 heavy (non-hydrogen) atoms. The number of rotatable bonds is 6. The van der Waals surface area contributed by atoms with E-state index in [0.29, 0.717) is 0 Å². The van der Waals surface area contributed by atoms with E-state index >= 15 is 0 Å². The van der Waals surface area contributed by atoms with Crippen molar-refractivity contribution in [3.05, 3.63) is 60.7 Å². The molecule has 0 bridgehead atoms. The first kappa shape index (κ1) is 23.9. The van der Waals surface area contributed by atoms with Crippen LogP contribution >= 0.6 is 0 Å². The smallest absolute Gasteiger partial charge is 0.193 e. The molecular formula is C26H37NO2Si2. The molecule has 5 heteroatoms. The number of nitrogens with zero attached hydrogens (tertiary/aromatic N) is 1. The second kappa shape index (κ2) is 8.33. The first-order chi connectivity index (χ1) is 14.4. The van der Waals surface area contributed by atoms with E-state index in [1.165, 1.54) is 10.4 Å². The third-order valence-corrected chi connectivity index (χ3v) is 17.9. The van der Waals surface area contributed by atoms with Crippen molar-refractivity contribution in [2.24, 2.45) is 0 Å². The largest absolute Gasteiger partial charge is 0.399 e. The Labute approximate surface area is 190 Å². The second-order valence-corrected chi connectivity index (χ2v) is 20.8. The highest BCUT2D eigenvalue weighted by molar-refractivity contribution is 7.05. The zero-order valence-electron chi connectivity index (χ0n) is 20.3. The van der Waals surface area contributed by atoms with Crippen molar-refractivity contribution in [3.63, 3.8) is 0 Å². The minimum atomic E-state index is -2.42. The number of hydrogen-bond acceptors (Lipinski definition) is 3. The summed E-state index contributed by atoms with van der Waals surface area (Å²) in [5.74, 6) is 0. The van der Waals surface area contributed by atoms with Gasteiger partial charge in [0.2, 0.25) is 0 Å². The maximum atomic E-state index is 10.1. The topological polar surface area (TPSA) is 45.5 Å². The fourth-order valence-corrected chi connectivity index (χ4v) is 11.8. The van der Waals surface area contributed by atoms with Crippen LogP contribution in [0, 0.1) is 11.3 Å². The van der Waals surface area contributed by atoms with Crippen LogP contribution in [0.3, 0.4) is 0 Å². The van der Waals surface area contributed by atoms with Gasteiger partial charge in [0.05, 0.1) is 11.8 Å². The highest BCUT2D eigenvalue weighted by atomic mass is 28.4. The molecule has 0 radical (unpaired) electrons. The van der Waals surface area contributed by atoms with Gasteiger partial charge in [0.25, 0.3) is 0 Å². The summed E-state index contributed by atoms with van der Waals surface area (Å²) in [5.41, 5.74) is 0.00622. The lowest BCUT2D eigenvalue weighted by molar-refractivity contribution is 0.188. The molecule has 0 aliphatic carbocycles. The molecule has 1 saturated heterocycles. The van der Waals surface area contributed by atoms with Gasteiger partial charge in [-0.05, 0) is 23.2 Å². The minimum Gasteiger partial charge on any atom is -0.399 e. The summed E-state index contributed by atoms with van der Waals surface area (Å²) in [5, 5.41) is 12.8. The van der Waals surface area contributed by atoms with Gasteiger partial charge < -0.3 is 9.16 Å². The molecule has 0 amide bonds. The molecule has 166 valence electrons. The third-order valence-electron chi connectivity index (χ3n) is 7.25. The molecule has 2 aromatic rings. The predicted octanol–water partition coefficient (Wildman–Crippen LogP) is 5.27. The highest BCUT2D eigenvalue weighted by Gasteiger charge is 2.66. The van der Waals surface area contributed by atoms with Crippen LogP contribution in [0.5, 0.6) is 0 Å². The number of benzene rings is 2. The van der Waals surface area contributed by atoms with Crippen molar-refractivity contribution >= 4 is 26.8 Å². The average molecular weight is 452 g/mol. The molecule has 3 rings (SSSR count). The van der Waals surface area contributed by atoms with Gasteiger partial charge in [-0.25, -0.2) is 0 Å². The number of epoxide rings is 1. The van der Waals surface area contributed by atoms with Crippen molar-refractivity contribution in [2.45, 2.75) is 82.6 Å². The first-order valence-electron chi connectivity index (χ1n) is 11.2. The monoisotopic (exact) mass is 451 g/mol. The maximum absolute atomic E-state index is 10.1. The summed E-state index contributed by atoms with van der Waals surface area (Å²) in [7, 11) is -4.51. The first-order valence-corrected chi connectivity index (χ1v) is 16.2. The minimum absolute atomic E-state index is 0.00622. The number of ether oxygens (including phenoxy) is 1. The molecule has 1 aliphatic rings. The van der Waals surface area contributed by atoms with Gasteiger partial charge in [-0.3, -0.25) is 0 Å². The maximum Gasteiger partial charge on any atom is 0.193 e. The van der Waals surface area contributed by atoms with Crippen LogP contribution in [-0.2, 0) is 9.16 Å². The van der Waals surface area contributed by atoms with Gasteiger partial charge in [0.15, 0.2) is 22.5 Å². The third kappa shape index (κ3) is 4.32. The molecule has 0 aromatic heterocycles. The van der Waals surface area contributed by atoms with Crippen LogP contribution in [0.4, 0.5) is 0 Å². The van der Waals surface area contributed by atoms with Gasteiger partial charge in [0.1, 0.15) is 6.10 Å². The van der Waals surface area contributed by atoms with Crippen LogP contribution in [0.1, 0.15) is 41.5 Å². The van der Waals surface area contributed by atoms with E-state index in [0.717, 1.165) is 0 Å². The van der Waals surface area contributed by atoms with Crippen LogP contribution in [0.2, 0.25) is 23.2 Å². The Kier molecular flexibility index (Phi) is 6.43. The summed E-state index contributed by atoms with van der Waals surface area (Å²) >= 11 is 0. The molecule has 3 nitrogen and oxygen atoms in total. The molecule has 1 heterocycles. The molecule has 3 atom stereocenters. The Balaban J connectivity index is 2.08. The number of nitriles is 1. The zero-order valence-corrected chi connectivity index (χ0v) is 22.3. The van der Waals surface area contributed by atoms with Crippen molar-refractivity contribution in [1.29, 1.82) is 5.26 Å². The van der Waals surface area contributed by atoms with Gasteiger partial charge in [-0.15, -0.1) is 0 Å². The van der Waals surface area contributed by atoms with Gasteiger partial charge in [-0.1, -0.05) is 113 Å². The highest BCUT2D eigenvalue weighted by Crippen LogP contribution is 2.48. The van der Waals surface area contributed by atoms with Crippen LogP contribution in [0.25, 0.3) is 0 Å². The summed E-state index contributed by atoms with van der Waals surface area (Å²) in [6.07, 6.45) is -0.724. The summed E-state index contributed by atoms with van der Waals surface area (Å²) in [4.78, 5) is 0. The fraction of sp³-hybridized carbons (Fsp3) is 0.500. The molecule has 0 N–H and O–H groups in total.